The minimum absolute atomic E-state index is 0.0255. The van der Waals surface area contributed by atoms with E-state index < -0.39 is 22.0 Å². The molecule has 116 valence electrons. The van der Waals surface area contributed by atoms with Gasteiger partial charge in [-0.15, -0.1) is 0 Å². The molecule has 0 heterocycles. The number of hydrogen-bond donors (Lipinski definition) is 2. The van der Waals surface area contributed by atoms with E-state index in [9.17, 15) is 18.6 Å². The summed E-state index contributed by atoms with van der Waals surface area (Å²) in [6.45, 7) is 11.3. The van der Waals surface area contributed by atoms with Crippen LogP contribution in [-0.4, -0.2) is 42.3 Å². The average Bonchev–Trinajstić information content (AvgIpc) is 2.20. The fourth-order valence-electron chi connectivity index (χ4n) is 1.55. The molecule has 0 aromatic carbocycles. The molecule has 0 bridgehead atoms. The SMILES string of the molecule is CC(C)(C)C(O)CCS(=O)(=O)CCC(O)C(C)(C)C. The second-order valence-corrected chi connectivity index (χ2v) is 9.80. The summed E-state index contributed by atoms with van der Waals surface area (Å²) >= 11 is 0. The zero-order valence-corrected chi connectivity index (χ0v) is 13.9. The smallest absolute Gasteiger partial charge is 0.150 e. The lowest BCUT2D eigenvalue weighted by atomic mass is 9.88. The van der Waals surface area contributed by atoms with Crippen molar-refractivity contribution in [3.05, 3.63) is 0 Å². The summed E-state index contributed by atoms with van der Waals surface area (Å²) in [5.41, 5.74) is -0.610. The van der Waals surface area contributed by atoms with Crippen molar-refractivity contribution >= 4 is 9.84 Å². The van der Waals surface area contributed by atoms with E-state index in [0.717, 1.165) is 0 Å². The average molecular weight is 294 g/mol. The Morgan fingerprint density at radius 3 is 1.26 bits per heavy atom. The van der Waals surface area contributed by atoms with Crippen molar-refractivity contribution in [3.8, 4) is 0 Å². The van der Waals surface area contributed by atoms with Gasteiger partial charge >= 0.3 is 0 Å². The largest absolute Gasteiger partial charge is 0.393 e. The lowest BCUT2D eigenvalue weighted by molar-refractivity contribution is 0.0592. The van der Waals surface area contributed by atoms with Crippen molar-refractivity contribution in [2.75, 3.05) is 11.5 Å². The molecule has 0 aliphatic heterocycles. The quantitative estimate of drug-likeness (QED) is 0.785. The third-order valence-corrected chi connectivity index (χ3v) is 5.12. The predicted octanol–water partition coefficient (Wildman–Crippen LogP) is 2.00. The summed E-state index contributed by atoms with van der Waals surface area (Å²) in [6, 6.07) is 0. The van der Waals surface area contributed by atoms with E-state index in [1.807, 2.05) is 41.5 Å². The van der Waals surface area contributed by atoms with Crippen LogP contribution in [0, 0.1) is 10.8 Å². The van der Waals surface area contributed by atoms with E-state index in [2.05, 4.69) is 0 Å². The summed E-state index contributed by atoms with van der Waals surface area (Å²) in [6.07, 6.45) is -0.765. The van der Waals surface area contributed by atoms with Crippen LogP contribution in [0.2, 0.25) is 0 Å². The highest BCUT2D eigenvalue weighted by Crippen LogP contribution is 2.24. The summed E-state index contributed by atoms with van der Waals surface area (Å²) in [5, 5.41) is 19.7. The van der Waals surface area contributed by atoms with Crippen LogP contribution in [-0.2, 0) is 9.84 Å². The van der Waals surface area contributed by atoms with Gasteiger partial charge in [-0.1, -0.05) is 41.5 Å². The molecule has 0 saturated carbocycles. The molecule has 4 nitrogen and oxygen atoms in total. The molecule has 0 amide bonds. The molecule has 0 aliphatic carbocycles. The lowest BCUT2D eigenvalue weighted by Gasteiger charge is -2.27. The van der Waals surface area contributed by atoms with Crippen molar-refractivity contribution in [2.45, 2.75) is 66.6 Å². The lowest BCUT2D eigenvalue weighted by Crippen LogP contribution is -2.31. The van der Waals surface area contributed by atoms with Crippen LogP contribution in [0.25, 0.3) is 0 Å². The normalized spacial score (nSPS) is 17.3. The molecule has 2 atom stereocenters. The zero-order chi connectivity index (χ0) is 15.5. The molecule has 2 N–H and O–H groups in total. The Bertz CT molecular complexity index is 330. The number of sulfone groups is 1. The van der Waals surface area contributed by atoms with Gasteiger partial charge in [-0.05, 0) is 23.7 Å². The Hall–Kier alpha value is -0.130. The van der Waals surface area contributed by atoms with Crippen LogP contribution in [0.4, 0.5) is 0 Å². The van der Waals surface area contributed by atoms with E-state index in [0.29, 0.717) is 0 Å². The maximum Gasteiger partial charge on any atom is 0.150 e. The number of aliphatic hydroxyl groups excluding tert-OH is 2. The highest BCUT2D eigenvalue weighted by Gasteiger charge is 2.26. The third kappa shape index (κ3) is 7.90. The molecule has 0 aromatic heterocycles. The molecule has 5 heteroatoms. The Balaban J connectivity index is 4.29. The molecule has 0 aromatic rings. The highest BCUT2D eigenvalue weighted by molar-refractivity contribution is 7.91. The van der Waals surface area contributed by atoms with Gasteiger partial charge in [-0.3, -0.25) is 0 Å². The Kier molecular flexibility index (Phi) is 6.50. The number of aliphatic hydroxyl groups is 2. The van der Waals surface area contributed by atoms with E-state index in [1.165, 1.54) is 0 Å². The summed E-state index contributed by atoms with van der Waals surface area (Å²) < 4.78 is 23.7. The van der Waals surface area contributed by atoms with Crippen molar-refractivity contribution in [1.82, 2.24) is 0 Å². The first kappa shape index (κ1) is 18.9. The van der Waals surface area contributed by atoms with Crippen molar-refractivity contribution in [2.24, 2.45) is 10.8 Å². The fourth-order valence-corrected chi connectivity index (χ4v) is 2.92. The van der Waals surface area contributed by atoms with Crippen molar-refractivity contribution < 1.29 is 18.6 Å². The van der Waals surface area contributed by atoms with Crippen LogP contribution in [0.5, 0.6) is 0 Å². The van der Waals surface area contributed by atoms with E-state index >= 15 is 0 Å². The van der Waals surface area contributed by atoms with E-state index in [-0.39, 0.29) is 35.2 Å². The molecule has 19 heavy (non-hydrogen) atoms. The summed E-state index contributed by atoms with van der Waals surface area (Å²) in [5.74, 6) is -0.0510. The van der Waals surface area contributed by atoms with Gasteiger partial charge in [0.25, 0.3) is 0 Å². The molecule has 0 radical (unpaired) electrons. The van der Waals surface area contributed by atoms with E-state index in [4.69, 9.17) is 0 Å². The zero-order valence-electron chi connectivity index (χ0n) is 13.1. The maximum absolute atomic E-state index is 11.9. The third-order valence-electron chi connectivity index (χ3n) is 3.40. The van der Waals surface area contributed by atoms with Gasteiger partial charge in [0.15, 0.2) is 9.84 Å². The first-order valence-corrected chi connectivity index (χ1v) is 8.64. The second-order valence-electron chi connectivity index (χ2n) is 7.49. The first-order chi connectivity index (χ1) is 8.26. The van der Waals surface area contributed by atoms with Crippen molar-refractivity contribution in [3.63, 3.8) is 0 Å². The van der Waals surface area contributed by atoms with Gasteiger partial charge in [0.05, 0.1) is 23.7 Å². The molecule has 0 rings (SSSR count). The topological polar surface area (TPSA) is 74.6 Å². The van der Waals surface area contributed by atoms with Crippen LogP contribution < -0.4 is 0 Å². The minimum atomic E-state index is -3.21. The molecule has 0 fully saturated rings. The molecular weight excluding hydrogens is 264 g/mol. The standard InChI is InChI=1S/C14H30O4S/c1-13(2,3)11(15)7-9-19(17,18)10-8-12(16)14(4,5)6/h11-12,15-16H,7-10H2,1-6H3. The predicted molar refractivity (Wildman–Crippen MR) is 78.8 cm³/mol. The van der Waals surface area contributed by atoms with E-state index in [1.54, 1.807) is 0 Å². The monoisotopic (exact) mass is 294 g/mol. The molecule has 0 spiro atoms. The first-order valence-electron chi connectivity index (χ1n) is 6.82. The highest BCUT2D eigenvalue weighted by atomic mass is 32.2. The second kappa shape index (κ2) is 6.55. The van der Waals surface area contributed by atoms with Crippen LogP contribution >= 0.6 is 0 Å². The summed E-state index contributed by atoms with van der Waals surface area (Å²) in [4.78, 5) is 0. The summed E-state index contributed by atoms with van der Waals surface area (Å²) in [7, 11) is -3.21. The minimum Gasteiger partial charge on any atom is -0.393 e. The fraction of sp³-hybridized carbons (Fsp3) is 1.00. The molecule has 2 unspecified atom stereocenters. The number of rotatable bonds is 6. The Labute approximate surface area is 118 Å². The maximum atomic E-state index is 11.9. The van der Waals surface area contributed by atoms with Gasteiger partial charge in [0.1, 0.15) is 0 Å². The van der Waals surface area contributed by atoms with Gasteiger partial charge < -0.3 is 10.2 Å². The number of hydrogen-bond acceptors (Lipinski definition) is 4. The molecule has 0 saturated heterocycles. The molecule has 0 aliphatic rings. The molecular formula is C14H30O4S. The van der Waals surface area contributed by atoms with Gasteiger partial charge in [-0.2, -0.15) is 0 Å². The van der Waals surface area contributed by atoms with Gasteiger partial charge in [-0.25, -0.2) is 8.42 Å². The van der Waals surface area contributed by atoms with Crippen LogP contribution in [0.3, 0.4) is 0 Å². The Morgan fingerprint density at radius 1 is 0.789 bits per heavy atom. The Morgan fingerprint density at radius 2 is 1.05 bits per heavy atom. The van der Waals surface area contributed by atoms with Crippen molar-refractivity contribution in [1.29, 1.82) is 0 Å². The van der Waals surface area contributed by atoms with Gasteiger partial charge in [0.2, 0.25) is 0 Å². The van der Waals surface area contributed by atoms with Gasteiger partial charge in [0, 0.05) is 0 Å². The van der Waals surface area contributed by atoms with Crippen LogP contribution in [0.1, 0.15) is 54.4 Å². The van der Waals surface area contributed by atoms with Crippen LogP contribution in [0.15, 0.2) is 0 Å².